The fourth-order valence-corrected chi connectivity index (χ4v) is 2.80. The van der Waals surface area contributed by atoms with E-state index in [1.807, 2.05) is 4.90 Å². The van der Waals surface area contributed by atoms with Gasteiger partial charge in [0.05, 0.1) is 0 Å². The Labute approximate surface area is 114 Å². The lowest BCUT2D eigenvalue weighted by atomic mass is 9.90. The lowest BCUT2D eigenvalue weighted by molar-refractivity contribution is -0.136. The maximum absolute atomic E-state index is 12.3. The molecule has 19 heavy (non-hydrogen) atoms. The summed E-state index contributed by atoms with van der Waals surface area (Å²) in [6, 6.07) is 0.215. The monoisotopic (exact) mass is 265 g/mol. The van der Waals surface area contributed by atoms with Gasteiger partial charge < -0.3 is 10.6 Å². The van der Waals surface area contributed by atoms with E-state index in [4.69, 9.17) is 5.73 Å². The molecule has 6 nitrogen and oxygen atoms in total. The van der Waals surface area contributed by atoms with E-state index in [0.717, 1.165) is 25.9 Å². The molecule has 1 aliphatic rings. The van der Waals surface area contributed by atoms with Crippen LogP contribution in [0.1, 0.15) is 32.6 Å². The van der Waals surface area contributed by atoms with Crippen LogP contribution in [0, 0.1) is 5.92 Å². The molecule has 0 unspecified atom stereocenters. The molecule has 1 amide bonds. The number of carbonyl (C=O) groups is 1. The lowest BCUT2D eigenvalue weighted by Crippen LogP contribution is -2.51. The number of amides is 1. The van der Waals surface area contributed by atoms with Crippen LogP contribution in [-0.2, 0) is 11.3 Å². The third-order valence-corrected chi connectivity index (χ3v) is 3.92. The average Bonchev–Trinajstić information content (AvgIpc) is 2.91. The molecular formula is C13H23N5O. The number of aromatic nitrogens is 3. The Balaban J connectivity index is 1.81. The van der Waals surface area contributed by atoms with E-state index < -0.39 is 0 Å². The van der Waals surface area contributed by atoms with Crippen LogP contribution in [0.25, 0.3) is 0 Å². The Morgan fingerprint density at radius 3 is 3.05 bits per heavy atom. The molecule has 0 aliphatic carbocycles. The number of aryl methyl sites for hydroxylation is 1. The minimum absolute atomic E-state index is 0.215. The van der Waals surface area contributed by atoms with Crippen LogP contribution in [0.4, 0.5) is 0 Å². The Bertz CT molecular complexity index is 392. The number of hydrogen-bond donors (Lipinski definition) is 1. The highest BCUT2D eigenvalue weighted by atomic mass is 16.2. The first-order valence-corrected chi connectivity index (χ1v) is 7.04. The van der Waals surface area contributed by atoms with E-state index in [1.54, 1.807) is 11.0 Å². The maximum Gasteiger partial charge on any atom is 0.222 e. The highest BCUT2D eigenvalue weighted by molar-refractivity contribution is 5.76. The summed E-state index contributed by atoms with van der Waals surface area (Å²) in [6.45, 7) is 4.35. The van der Waals surface area contributed by atoms with Crippen molar-refractivity contribution in [3.05, 3.63) is 12.7 Å². The van der Waals surface area contributed by atoms with Crippen molar-refractivity contribution in [1.29, 1.82) is 0 Å². The molecule has 0 spiro atoms. The Hall–Kier alpha value is -1.43. The molecule has 0 bridgehead atoms. The number of nitrogens with zero attached hydrogens (tertiary/aromatic N) is 4. The summed E-state index contributed by atoms with van der Waals surface area (Å²) in [4.78, 5) is 18.1. The van der Waals surface area contributed by atoms with Gasteiger partial charge in [0.25, 0.3) is 0 Å². The topological polar surface area (TPSA) is 77.0 Å². The molecule has 1 saturated heterocycles. The number of carbonyl (C=O) groups excluding carboxylic acids is 1. The first-order valence-electron chi connectivity index (χ1n) is 7.04. The average molecular weight is 265 g/mol. The van der Waals surface area contributed by atoms with Gasteiger partial charge in [0.2, 0.25) is 5.91 Å². The van der Waals surface area contributed by atoms with Gasteiger partial charge in [-0.1, -0.05) is 6.92 Å². The van der Waals surface area contributed by atoms with Gasteiger partial charge in [-0.25, -0.2) is 4.98 Å². The van der Waals surface area contributed by atoms with Crippen LogP contribution in [-0.4, -0.2) is 44.7 Å². The number of hydrogen-bond acceptors (Lipinski definition) is 4. The van der Waals surface area contributed by atoms with Crippen LogP contribution >= 0.6 is 0 Å². The minimum Gasteiger partial charge on any atom is -0.338 e. The van der Waals surface area contributed by atoms with Crippen molar-refractivity contribution >= 4 is 5.91 Å². The van der Waals surface area contributed by atoms with Gasteiger partial charge in [-0.05, 0) is 25.2 Å². The predicted molar refractivity (Wildman–Crippen MR) is 72.2 cm³/mol. The smallest absolute Gasteiger partial charge is 0.222 e. The number of rotatable bonds is 5. The number of nitrogens with two attached hydrogens (primary N) is 1. The Morgan fingerprint density at radius 2 is 2.37 bits per heavy atom. The number of likely N-dealkylation sites (tertiary alicyclic amines) is 1. The molecule has 0 radical (unpaired) electrons. The van der Waals surface area contributed by atoms with Crippen LogP contribution < -0.4 is 5.73 Å². The molecule has 6 heteroatoms. The molecule has 0 saturated carbocycles. The molecule has 1 aromatic heterocycles. The van der Waals surface area contributed by atoms with Crippen molar-refractivity contribution in [2.24, 2.45) is 11.7 Å². The molecule has 1 fully saturated rings. The Morgan fingerprint density at radius 1 is 1.53 bits per heavy atom. The highest BCUT2D eigenvalue weighted by Crippen LogP contribution is 2.23. The second-order valence-electron chi connectivity index (χ2n) is 5.27. The zero-order valence-corrected chi connectivity index (χ0v) is 11.5. The van der Waals surface area contributed by atoms with E-state index in [1.165, 1.54) is 12.7 Å². The first-order chi connectivity index (χ1) is 9.22. The SMILES string of the molecule is C[C@H]1CCCN(C(=O)CCCn2cncn2)[C@H]1CN. The van der Waals surface area contributed by atoms with E-state index in [0.29, 0.717) is 18.9 Å². The normalized spacial score (nSPS) is 23.6. The minimum atomic E-state index is 0.215. The van der Waals surface area contributed by atoms with Crippen LogP contribution in [0.2, 0.25) is 0 Å². The summed E-state index contributed by atoms with van der Waals surface area (Å²) in [7, 11) is 0. The van der Waals surface area contributed by atoms with Crippen LogP contribution in [0.5, 0.6) is 0 Å². The number of piperidine rings is 1. The van der Waals surface area contributed by atoms with Gasteiger partial charge in [0.15, 0.2) is 0 Å². The van der Waals surface area contributed by atoms with Crippen molar-refractivity contribution in [2.75, 3.05) is 13.1 Å². The third-order valence-electron chi connectivity index (χ3n) is 3.92. The van der Waals surface area contributed by atoms with Gasteiger partial charge in [0.1, 0.15) is 12.7 Å². The molecule has 2 heterocycles. The van der Waals surface area contributed by atoms with E-state index >= 15 is 0 Å². The molecule has 0 aromatic carbocycles. The molecule has 2 rings (SSSR count). The van der Waals surface area contributed by atoms with E-state index in [9.17, 15) is 4.79 Å². The van der Waals surface area contributed by atoms with Crippen LogP contribution in [0.15, 0.2) is 12.7 Å². The second-order valence-corrected chi connectivity index (χ2v) is 5.27. The molecule has 1 aliphatic heterocycles. The van der Waals surface area contributed by atoms with Crippen LogP contribution in [0.3, 0.4) is 0 Å². The first kappa shape index (κ1) is 14.0. The summed E-state index contributed by atoms with van der Waals surface area (Å²) in [5.41, 5.74) is 5.81. The largest absolute Gasteiger partial charge is 0.338 e. The molecule has 2 N–H and O–H groups in total. The quantitative estimate of drug-likeness (QED) is 0.847. The standard InChI is InChI=1S/C13H23N5O/c1-11-4-2-7-18(12(11)8-14)13(19)5-3-6-17-10-15-9-16-17/h9-12H,2-8,14H2,1H3/t11-,12-/m0/s1. The predicted octanol–water partition coefficient (Wildman–Crippen LogP) is 0.644. The summed E-state index contributed by atoms with van der Waals surface area (Å²) >= 11 is 0. The summed E-state index contributed by atoms with van der Waals surface area (Å²) in [5, 5.41) is 4.03. The van der Waals surface area contributed by atoms with Gasteiger partial charge in [-0.2, -0.15) is 5.10 Å². The molecular weight excluding hydrogens is 242 g/mol. The fraction of sp³-hybridized carbons (Fsp3) is 0.769. The van der Waals surface area contributed by atoms with Gasteiger partial charge in [-0.15, -0.1) is 0 Å². The second kappa shape index (κ2) is 6.65. The molecule has 2 atom stereocenters. The van der Waals surface area contributed by atoms with E-state index in [2.05, 4.69) is 17.0 Å². The van der Waals surface area contributed by atoms with Gasteiger partial charge >= 0.3 is 0 Å². The lowest BCUT2D eigenvalue weighted by Gasteiger charge is -2.39. The van der Waals surface area contributed by atoms with Crippen molar-refractivity contribution in [3.63, 3.8) is 0 Å². The molecule has 1 aromatic rings. The van der Waals surface area contributed by atoms with Crippen molar-refractivity contribution in [2.45, 2.75) is 45.2 Å². The fourth-order valence-electron chi connectivity index (χ4n) is 2.80. The molecule has 106 valence electrons. The zero-order chi connectivity index (χ0) is 13.7. The van der Waals surface area contributed by atoms with Crippen molar-refractivity contribution in [1.82, 2.24) is 19.7 Å². The summed E-state index contributed by atoms with van der Waals surface area (Å²) < 4.78 is 1.76. The van der Waals surface area contributed by atoms with E-state index in [-0.39, 0.29) is 11.9 Å². The zero-order valence-electron chi connectivity index (χ0n) is 11.5. The van der Waals surface area contributed by atoms with Gasteiger partial charge in [-0.3, -0.25) is 9.48 Å². The summed E-state index contributed by atoms with van der Waals surface area (Å²) in [6.07, 6.45) is 6.80. The summed E-state index contributed by atoms with van der Waals surface area (Å²) in [5.74, 6) is 0.736. The maximum atomic E-state index is 12.3. The third kappa shape index (κ3) is 3.53. The Kier molecular flexibility index (Phi) is 4.90. The van der Waals surface area contributed by atoms with Crippen molar-refractivity contribution < 1.29 is 4.79 Å². The van der Waals surface area contributed by atoms with Gasteiger partial charge in [0, 0.05) is 32.1 Å². The van der Waals surface area contributed by atoms with Crippen molar-refractivity contribution in [3.8, 4) is 0 Å². The highest BCUT2D eigenvalue weighted by Gasteiger charge is 2.30.